The van der Waals surface area contributed by atoms with Crippen molar-refractivity contribution in [1.82, 2.24) is 15.1 Å². The van der Waals surface area contributed by atoms with Gasteiger partial charge in [0.2, 0.25) is 0 Å². The molecule has 7 heteroatoms. The van der Waals surface area contributed by atoms with E-state index in [0.29, 0.717) is 24.6 Å². The molecule has 0 atom stereocenters. The highest BCUT2D eigenvalue weighted by Gasteiger charge is 2.09. The van der Waals surface area contributed by atoms with Gasteiger partial charge in [0.15, 0.2) is 5.82 Å². The number of benzene rings is 3. The molecule has 4 aromatic rings. The maximum atomic E-state index is 12.2. The van der Waals surface area contributed by atoms with E-state index in [1.165, 1.54) is 0 Å². The first kappa shape index (κ1) is 18.5. The Morgan fingerprint density at radius 1 is 0.966 bits per heavy atom. The number of carbonyl (C=O) groups excluding carboxylic acids is 1. The number of nitrogen functional groups attached to an aromatic ring is 1. The Morgan fingerprint density at radius 3 is 2.55 bits per heavy atom. The molecular formula is C22H22N6O. The highest BCUT2D eigenvalue weighted by Crippen LogP contribution is 2.23. The number of urea groups is 1. The smallest absolute Gasteiger partial charge is 0.319 e. The number of carbonyl (C=O) groups is 1. The Balaban J connectivity index is 1.45. The number of hydrogen-bond donors (Lipinski definition) is 4. The fraction of sp³-hybridized carbons (Fsp3) is 0.0909. The second-order valence-electron chi connectivity index (χ2n) is 6.69. The van der Waals surface area contributed by atoms with Crippen molar-refractivity contribution < 1.29 is 4.79 Å². The van der Waals surface area contributed by atoms with Crippen LogP contribution >= 0.6 is 0 Å². The third kappa shape index (κ3) is 4.04. The molecule has 0 bridgehead atoms. The van der Waals surface area contributed by atoms with E-state index in [-0.39, 0.29) is 6.03 Å². The number of fused-ring (bicyclic) bond motifs is 1. The van der Waals surface area contributed by atoms with Gasteiger partial charge in [-0.3, -0.25) is 0 Å². The minimum absolute atomic E-state index is 0.273. The molecule has 6 N–H and O–H groups in total. The molecule has 2 amide bonds. The van der Waals surface area contributed by atoms with Gasteiger partial charge in [0, 0.05) is 24.2 Å². The van der Waals surface area contributed by atoms with Gasteiger partial charge in [-0.15, -0.1) is 5.10 Å². The molecule has 29 heavy (non-hydrogen) atoms. The van der Waals surface area contributed by atoms with E-state index in [1.54, 1.807) is 0 Å². The van der Waals surface area contributed by atoms with E-state index in [2.05, 4.69) is 15.7 Å². The Kier molecular flexibility index (Phi) is 5.13. The lowest BCUT2D eigenvalue weighted by atomic mass is 10.2. The molecule has 0 radical (unpaired) electrons. The number of nitrogens with one attached hydrogen (secondary N) is 2. The van der Waals surface area contributed by atoms with Crippen molar-refractivity contribution in [3.05, 3.63) is 83.9 Å². The molecule has 0 aliphatic rings. The maximum absolute atomic E-state index is 12.2. The van der Waals surface area contributed by atoms with Crippen LogP contribution in [-0.2, 0) is 13.1 Å². The van der Waals surface area contributed by atoms with Crippen molar-refractivity contribution in [3.63, 3.8) is 0 Å². The Hall–Kier alpha value is -3.84. The highest BCUT2D eigenvalue weighted by molar-refractivity contribution is 5.90. The number of nitrogens with two attached hydrogens (primary N) is 2. The molecule has 1 heterocycles. The van der Waals surface area contributed by atoms with Gasteiger partial charge in [-0.2, -0.15) is 0 Å². The molecule has 0 saturated heterocycles. The number of rotatable bonds is 5. The monoisotopic (exact) mass is 386 g/mol. The van der Waals surface area contributed by atoms with Crippen LogP contribution in [0.15, 0.2) is 72.8 Å². The predicted octanol–water partition coefficient (Wildman–Crippen LogP) is 3.39. The first-order chi connectivity index (χ1) is 14.1. The molecular weight excluding hydrogens is 364 g/mol. The fourth-order valence-corrected chi connectivity index (χ4v) is 3.17. The van der Waals surface area contributed by atoms with E-state index >= 15 is 0 Å². The van der Waals surface area contributed by atoms with Crippen molar-refractivity contribution in [2.24, 2.45) is 5.73 Å². The zero-order valence-corrected chi connectivity index (χ0v) is 15.8. The first-order valence-corrected chi connectivity index (χ1v) is 9.30. The van der Waals surface area contributed by atoms with Gasteiger partial charge in [0.25, 0.3) is 0 Å². The second-order valence-corrected chi connectivity index (χ2v) is 6.69. The molecule has 146 valence electrons. The summed E-state index contributed by atoms with van der Waals surface area (Å²) in [5.41, 5.74) is 16.1. The molecule has 1 aromatic heterocycles. The molecule has 0 aliphatic heterocycles. The number of aromatic nitrogens is 2. The summed E-state index contributed by atoms with van der Waals surface area (Å²) >= 11 is 0. The number of nitrogens with zero attached hydrogens (tertiary/aromatic N) is 2. The lowest BCUT2D eigenvalue weighted by molar-refractivity contribution is 0.251. The number of hydrogen-bond acceptors (Lipinski definition) is 4. The molecule has 0 fully saturated rings. The lowest BCUT2D eigenvalue weighted by Gasteiger charge is -2.10. The lowest BCUT2D eigenvalue weighted by Crippen LogP contribution is -2.28. The first-order valence-electron chi connectivity index (χ1n) is 9.30. The Morgan fingerprint density at radius 2 is 1.76 bits per heavy atom. The van der Waals surface area contributed by atoms with Gasteiger partial charge < -0.3 is 22.1 Å². The quantitative estimate of drug-likeness (QED) is 0.421. The second kappa shape index (κ2) is 8.04. The molecule has 0 unspecified atom stereocenters. The van der Waals surface area contributed by atoms with Crippen LogP contribution in [0.2, 0.25) is 0 Å². The SMILES string of the molecule is NCc1ccc(NC(=O)NCc2cccc(-n3nc(N)c4ccccc43)c2)cc1. The summed E-state index contributed by atoms with van der Waals surface area (Å²) in [5, 5.41) is 11.0. The van der Waals surface area contributed by atoms with Crippen molar-refractivity contribution in [2.45, 2.75) is 13.1 Å². The van der Waals surface area contributed by atoms with E-state index < -0.39 is 0 Å². The molecule has 3 aromatic carbocycles. The van der Waals surface area contributed by atoms with Crippen LogP contribution in [0.4, 0.5) is 16.3 Å². The third-order valence-electron chi connectivity index (χ3n) is 4.67. The third-order valence-corrected chi connectivity index (χ3v) is 4.67. The van der Waals surface area contributed by atoms with Crippen LogP contribution < -0.4 is 22.1 Å². The number of anilines is 2. The summed E-state index contributed by atoms with van der Waals surface area (Å²) in [5.74, 6) is 0.490. The van der Waals surface area contributed by atoms with Crippen molar-refractivity contribution in [2.75, 3.05) is 11.1 Å². The molecule has 4 rings (SSSR count). The number of para-hydroxylation sites is 1. The van der Waals surface area contributed by atoms with E-state index in [1.807, 2.05) is 77.5 Å². The van der Waals surface area contributed by atoms with Gasteiger partial charge in [-0.05, 0) is 47.5 Å². The van der Waals surface area contributed by atoms with Crippen molar-refractivity contribution in [3.8, 4) is 5.69 Å². The summed E-state index contributed by atoms with van der Waals surface area (Å²) in [6, 6.07) is 22.8. The molecule has 0 aliphatic carbocycles. The van der Waals surface area contributed by atoms with Crippen LogP contribution in [0.3, 0.4) is 0 Å². The standard InChI is InChI=1S/C22H22N6O/c23-13-15-8-10-17(11-9-15)26-22(29)25-14-16-4-3-5-18(12-16)28-20-7-2-1-6-19(20)21(24)27-28/h1-12H,13-14,23H2,(H2,24,27)(H2,25,26,29). The predicted molar refractivity (Wildman–Crippen MR) is 116 cm³/mol. The average molecular weight is 386 g/mol. The van der Waals surface area contributed by atoms with Gasteiger partial charge >= 0.3 is 6.03 Å². The summed E-state index contributed by atoms with van der Waals surface area (Å²) in [4.78, 5) is 12.2. The van der Waals surface area contributed by atoms with Crippen molar-refractivity contribution in [1.29, 1.82) is 0 Å². The van der Waals surface area contributed by atoms with Crippen LogP contribution in [0.5, 0.6) is 0 Å². The average Bonchev–Trinajstić information content (AvgIpc) is 3.10. The van der Waals surface area contributed by atoms with E-state index in [9.17, 15) is 4.79 Å². The zero-order valence-electron chi connectivity index (χ0n) is 15.8. The van der Waals surface area contributed by atoms with Gasteiger partial charge in [-0.1, -0.05) is 36.4 Å². The van der Waals surface area contributed by atoms with E-state index in [4.69, 9.17) is 11.5 Å². The Bertz CT molecular complexity index is 1150. The van der Waals surface area contributed by atoms with Crippen molar-refractivity contribution >= 4 is 28.4 Å². The summed E-state index contributed by atoms with van der Waals surface area (Å²) < 4.78 is 1.81. The summed E-state index contributed by atoms with van der Waals surface area (Å²) in [7, 11) is 0. The van der Waals surface area contributed by atoms with Gasteiger partial charge in [-0.25, -0.2) is 9.48 Å². The maximum Gasteiger partial charge on any atom is 0.319 e. The number of amides is 2. The van der Waals surface area contributed by atoms with Gasteiger partial charge in [0.05, 0.1) is 11.2 Å². The molecule has 0 saturated carbocycles. The van der Waals surface area contributed by atoms with Gasteiger partial charge in [0.1, 0.15) is 0 Å². The summed E-state index contributed by atoms with van der Waals surface area (Å²) in [6.07, 6.45) is 0. The highest BCUT2D eigenvalue weighted by atomic mass is 16.2. The normalized spacial score (nSPS) is 10.8. The van der Waals surface area contributed by atoms with Crippen LogP contribution in [-0.4, -0.2) is 15.8 Å². The molecule has 0 spiro atoms. The fourth-order valence-electron chi connectivity index (χ4n) is 3.17. The minimum Gasteiger partial charge on any atom is -0.382 e. The minimum atomic E-state index is -0.273. The topological polar surface area (TPSA) is 111 Å². The molecule has 7 nitrogen and oxygen atoms in total. The van der Waals surface area contributed by atoms with Crippen LogP contribution in [0.1, 0.15) is 11.1 Å². The zero-order chi connectivity index (χ0) is 20.2. The summed E-state index contributed by atoms with van der Waals surface area (Å²) in [6.45, 7) is 0.856. The largest absolute Gasteiger partial charge is 0.382 e. The van der Waals surface area contributed by atoms with Crippen LogP contribution in [0, 0.1) is 0 Å². The Labute approximate surface area is 168 Å². The van der Waals surface area contributed by atoms with Crippen LogP contribution in [0.25, 0.3) is 16.6 Å². The van der Waals surface area contributed by atoms with E-state index in [0.717, 1.165) is 27.7 Å².